The first-order valence-corrected chi connectivity index (χ1v) is 7.45. The van der Waals surface area contributed by atoms with Gasteiger partial charge in [-0.2, -0.15) is 0 Å². The van der Waals surface area contributed by atoms with Gasteiger partial charge >= 0.3 is 0 Å². The topological polar surface area (TPSA) is 26.0 Å². The molecule has 2 heteroatoms. The van der Waals surface area contributed by atoms with Crippen LogP contribution in [-0.4, -0.2) is 0 Å². The number of hydrogen-bond acceptors (Lipinski definition) is 1. The van der Waals surface area contributed by atoms with Crippen molar-refractivity contribution in [3.63, 3.8) is 0 Å². The second kappa shape index (κ2) is 6.36. The molecular formula is C17H20BrN. The molecule has 0 amide bonds. The van der Waals surface area contributed by atoms with E-state index in [1.165, 1.54) is 16.7 Å². The van der Waals surface area contributed by atoms with Crippen molar-refractivity contribution in [2.75, 3.05) is 0 Å². The van der Waals surface area contributed by atoms with Crippen LogP contribution >= 0.6 is 15.9 Å². The number of benzene rings is 2. The molecule has 0 radical (unpaired) electrons. The maximum absolute atomic E-state index is 6.27. The van der Waals surface area contributed by atoms with E-state index in [9.17, 15) is 0 Å². The van der Waals surface area contributed by atoms with Crippen LogP contribution in [0, 0.1) is 0 Å². The third kappa shape index (κ3) is 3.92. The second-order valence-corrected chi connectivity index (χ2v) is 6.18. The van der Waals surface area contributed by atoms with Crippen molar-refractivity contribution in [3.8, 4) is 0 Å². The molecule has 0 aliphatic carbocycles. The van der Waals surface area contributed by atoms with E-state index >= 15 is 0 Å². The Morgan fingerprint density at radius 2 is 1.68 bits per heavy atom. The maximum atomic E-state index is 6.27. The van der Waals surface area contributed by atoms with Crippen molar-refractivity contribution < 1.29 is 0 Å². The summed E-state index contributed by atoms with van der Waals surface area (Å²) in [5.41, 5.74) is 10.1. The van der Waals surface area contributed by atoms with Gasteiger partial charge in [0.25, 0.3) is 0 Å². The lowest BCUT2D eigenvalue weighted by Gasteiger charge is -2.13. The number of nitrogens with two attached hydrogens (primary N) is 1. The summed E-state index contributed by atoms with van der Waals surface area (Å²) in [5.74, 6) is 0.577. The molecule has 0 aliphatic heterocycles. The van der Waals surface area contributed by atoms with E-state index in [-0.39, 0.29) is 6.04 Å². The van der Waals surface area contributed by atoms with Crippen molar-refractivity contribution in [2.45, 2.75) is 32.2 Å². The van der Waals surface area contributed by atoms with Crippen LogP contribution in [0.5, 0.6) is 0 Å². The first kappa shape index (κ1) is 14.3. The normalized spacial score (nSPS) is 12.7. The molecule has 0 saturated heterocycles. The first-order chi connectivity index (χ1) is 9.06. The standard InChI is InChI=1S/C17H20BrN/c1-12(2)14-8-6-13(7-9-14)10-17(19)15-4-3-5-16(18)11-15/h3-9,11-12,17H,10,19H2,1-2H3. The lowest BCUT2D eigenvalue weighted by atomic mass is 9.97. The predicted octanol–water partition coefficient (Wildman–Crippen LogP) is 4.82. The number of rotatable bonds is 4. The summed E-state index contributed by atoms with van der Waals surface area (Å²) >= 11 is 3.49. The fourth-order valence-electron chi connectivity index (χ4n) is 2.15. The minimum atomic E-state index is 0.0439. The van der Waals surface area contributed by atoms with Gasteiger partial charge < -0.3 is 5.73 Å². The highest BCUT2D eigenvalue weighted by molar-refractivity contribution is 9.10. The number of hydrogen-bond donors (Lipinski definition) is 1. The van der Waals surface area contributed by atoms with E-state index in [1.54, 1.807) is 0 Å². The molecule has 0 aromatic heterocycles. The van der Waals surface area contributed by atoms with E-state index in [1.807, 2.05) is 12.1 Å². The summed E-state index contributed by atoms with van der Waals surface area (Å²) in [4.78, 5) is 0. The van der Waals surface area contributed by atoms with Crippen molar-refractivity contribution >= 4 is 15.9 Å². The zero-order valence-electron chi connectivity index (χ0n) is 11.4. The lowest BCUT2D eigenvalue weighted by molar-refractivity contribution is 0.720. The highest BCUT2D eigenvalue weighted by Crippen LogP contribution is 2.21. The SMILES string of the molecule is CC(C)c1ccc(CC(N)c2cccc(Br)c2)cc1. The summed E-state index contributed by atoms with van der Waals surface area (Å²) in [6.07, 6.45) is 0.870. The monoisotopic (exact) mass is 317 g/mol. The Morgan fingerprint density at radius 1 is 1.00 bits per heavy atom. The second-order valence-electron chi connectivity index (χ2n) is 5.26. The van der Waals surface area contributed by atoms with Crippen LogP contribution in [0.1, 0.15) is 42.5 Å². The molecule has 0 heterocycles. The van der Waals surface area contributed by atoms with Gasteiger partial charge in [0.1, 0.15) is 0 Å². The minimum absolute atomic E-state index is 0.0439. The van der Waals surface area contributed by atoms with Gasteiger partial charge in [0.2, 0.25) is 0 Å². The van der Waals surface area contributed by atoms with Crippen LogP contribution in [-0.2, 0) is 6.42 Å². The quantitative estimate of drug-likeness (QED) is 0.860. The van der Waals surface area contributed by atoms with Crippen LogP contribution in [0.3, 0.4) is 0 Å². The van der Waals surface area contributed by atoms with Gasteiger partial charge in [-0.3, -0.25) is 0 Å². The van der Waals surface area contributed by atoms with E-state index in [2.05, 4.69) is 66.2 Å². The van der Waals surface area contributed by atoms with Gasteiger partial charge in [0.05, 0.1) is 0 Å². The van der Waals surface area contributed by atoms with E-state index in [4.69, 9.17) is 5.73 Å². The fraction of sp³-hybridized carbons (Fsp3) is 0.294. The molecule has 2 aromatic rings. The third-order valence-electron chi connectivity index (χ3n) is 3.38. The minimum Gasteiger partial charge on any atom is -0.324 e. The Kier molecular flexibility index (Phi) is 4.78. The van der Waals surface area contributed by atoms with Crippen LogP contribution in [0.4, 0.5) is 0 Å². The molecule has 1 nitrogen and oxygen atoms in total. The molecule has 2 N–H and O–H groups in total. The molecule has 1 atom stereocenters. The number of halogens is 1. The van der Waals surface area contributed by atoms with Gasteiger partial charge in [0.15, 0.2) is 0 Å². The average molecular weight is 318 g/mol. The highest BCUT2D eigenvalue weighted by atomic mass is 79.9. The molecule has 0 spiro atoms. The Morgan fingerprint density at radius 3 is 2.26 bits per heavy atom. The van der Waals surface area contributed by atoms with Gasteiger partial charge in [-0.15, -0.1) is 0 Å². The summed E-state index contributed by atoms with van der Waals surface area (Å²) in [6.45, 7) is 4.42. The summed E-state index contributed by atoms with van der Waals surface area (Å²) in [7, 11) is 0. The molecule has 0 saturated carbocycles. The highest BCUT2D eigenvalue weighted by Gasteiger charge is 2.08. The Labute approximate surface area is 124 Å². The maximum Gasteiger partial charge on any atom is 0.0336 e. The van der Waals surface area contributed by atoms with Crippen LogP contribution < -0.4 is 5.73 Å². The molecular weight excluding hydrogens is 298 g/mol. The molecule has 1 unspecified atom stereocenters. The van der Waals surface area contributed by atoms with Gasteiger partial charge in [-0.25, -0.2) is 0 Å². The third-order valence-corrected chi connectivity index (χ3v) is 3.87. The van der Waals surface area contributed by atoms with Crippen LogP contribution in [0.2, 0.25) is 0 Å². The molecule has 0 bridgehead atoms. The molecule has 2 rings (SSSR count). The molecule has 2 aromatic carbocycles. The Balaban J connectivity index is 2.08. The van der Waals surface area contributed by atoms with E-state index in [0.717, 1.165) is 10.9 Å². The molecule has 0 fully saturated rings. The lowest BCUT2D eigenvalue weighted by Crippen LogP contribution is -2.13. The zero-order valence-corrected chi connectivity index (χ0v) is 13.0. The van der Waals surface area contributed by atoms with Crippen LogP contribution in [0.15, 0.2) is 53.0 Å². The van der Waals surface area contributed by atoms with Gasteiger partial charge in [-0.05, 0) is 41.2 Å². The predicted molar refractivity (Wildman–Crippen MR) is 85.3 cm³/mol. The van der Waals surface area contributed by atoms with E-state index < -0.39 is 0 Å². The largest absolute Gasteiger partial charge is 0.324 e. The van der Waals surface area contributed by atoms with Gasteiger partial charge in [0, 0.05) is 10.5 Å². The molecule has 0 aliphatic rings. The first-order valence-electron chi connectivity index (χ1n) is 6.66. The smallest absolute Gasteiger partial charge is 0.0336 e. The summed E-state index contributed by atoms with van der Waals surface area (Å²) < 4.78 is 1.08. The zero-order chi connectivity index (χ0) is 13.8. The fourth-order valence-corrected chi connectivity index (χ4v) is 2.56. The summed E-state index contributed by atoms with van der Waals surface area (Å²) in [5, 5.41) is 0. The van der Waals surface area contributed by atoms with Crippen molar-refractivity contribution in [1.29, 1.82) is 0 Å². The Hall–Kier alpha value is -1.12. The Bertz CT molecular complexity index is 531. The average Bonchev–Trinajstić information content (AvgIpc) is 2.39. The summed E-state index contributed by atoms with van der Waals surface area (Å²) in [6, 6.07) is 17.0. The van der Waals surface area contributed by atoms with E-state index in [0.29, 0.717) is 5.92 Å². The molecule has 19 heavy (non-hydrogen) atoms. The van der Waals surface area contributed by atoms with Crippen molar-refractivity contribution in [3.05, 3.63) is 69.7 Å². The van der Waals surface area contributed by atoms with Crippen LogP contribution in [0.25, 0.3) is 0 Å². The van der Waals surface area contributed by atoms with Crippen molar-refractivity contribution in [2.24, 2.45) is 5.73 Å². The van der Waals surface area contributed by atoms with Gasteiger partial charge in [-0.1, -0.05) is 66.2 Å². The molecule has 100 valence electrons. The van der Waals surface area contributed by atoms with Crippen molar-refractivity contribution in [1.82, 2.24) is 0 Å².